The summed E-state index contributed by atoms with van der Waals surface area (Å²) in [7, 11) is 7.25. The minimum Gasteiger partial charge on any atom is -0.323 e. The van der Waals surface area contributed by atoms with Crippen LogP contribution in [-0.4, -0.2) is 76.0 Å². The second-order valence-electron chi connectivity index (χ2n) is 0.947. The molecular weight excluding hydrogens is 313 g/mol. The number of hydrogen-bond donors (Lipinski definition) is 1. The van der Waals surface area contributed by atoms with E-state index in [0.29, 0.717) is 0 Å². The van der Waals surface area contributed by atoms with Crippen molar-refractivity contribution in [3.05, 3.63) is 0 Å². The normalized spacial score (nSPS) is 4.50. The topological polar surface area (TPSA) is 26.1 Å². The molecule has 0 amide bonds. The van der Waals surface area contributed by atoms with Gasteiger partial charge < -0.3 is 5.32 Å². The van der Waals surface area contributed by atoms with Crippen molar-refractivity contribution in [2.24, 2.45) is 0 Å². The Morgan fingerprint density at radius 3 is 1.00 bits per heavy atom. The van der Waals surface area contributed by atoms with E-state index in [-0.39, 0.29) is 47.8 Å². The van der Waals surface area contributed by atoms with Gasteiger partial charge in [-0.15, -0.1) is 0 Å². The van der Waals surface area contributed by atoms with Gasteiger partial charge in [0.25, 0.3) is 0 Å². The fourth-order valence-corrected chi connectivity index (χ4v) is 0. The zero-order valence-electron chi connectivity index (χ0n) is 5.95. The van der Waals surface area contributed by atoms with E-state index in [1.54, 1.807) is 14.1 Å². The molecular formula is C4H13N2Sn2. The van der Waals surface area contributed by atoms with Crippen molar-refractivity contribution >= 4 is 47.8 Å². The Morgan fingerprint density at radius 2 is 1.00 bits per heavy atom. The molecule has 0 heterocycles. The molecule has 4 heteroatoms. The molecule has 0 aromatic rings. The molecule has 0 rings (SSSR count). The van der Waals surface area contributed by atoms with Crippen LogP contribution in [-0.2, 0) is 0 Å². The smallest absolute Gasteiger partial charge is 0.00151 e. The summed E-state index contributed by atoms with van der Waals surface area (Å²) in [6, 6.07) is 0. The van der Waals surface area contributed by atoms with E-state index in [2.05, 4.69) is 10.6 Å². The van der Waals surface area contributed by atoms with E-state index < -0.39 is 0 Å². The molecule has 0 atom stereocenters. The van der Waals surface area contributed by atoms with Gasteiger partial charge in [-0.2, -0.15) is 0 Å². The summed E-state index contributed by atoms with van der Waals surface area (Å²) in [6.07, 6.45) is 0. The molecule has 0 bridgehead atoms. The summed E-state index contributed by atoms with van der Waals surface area (Å²) in [5.41, 5.74) is 0. The van der Waals surface area contributed by atoms with E-state index in [1.807, 2.05) is 14.1 Å². The standard InChI is InChI=1S/C2H7N.C2H6N.2Sn/c2*1-3-2;;/h3H,1-2H3;1-2H3;;. The quantitative estimate of drug-likeness (QED) is 0.564. The Bertz CT molecular complexity index is 14.0. The number of hydrogen-bond acceptors (Lipinski definition) is 1. The van der Waals surface area contributed by atoms with E-state index >= 15 is 0 Å². The van der Waals surface area contributed by atoms with Gasteiger partial charge in [0.1, 0.15) is 0 Å². The van der Waals surface area contributed by atoms with Crippen LogP contribution in [0.5, 0.6) is 0 Å². The third-order valence-electron chi connectivity index (χ3n) is 0. The van der Waals surface area contributed by atoms with Crippen molar-refractivity contribution in [3.8, 4) is 0 Å². The van der Waals surface area contributed by atoms with Gasteiger partial charge in [-0.05, 0) is 14.1 Å². The number of nitrogens with one attached hydrogen (secondary N) is 1. The largest absolute Gasteiger partial charge is 0.323 e. The van der Waals surface area contributed by atoms with Crippen LogP contribution in [0.2, 0.25) is 0 Å². The molecule has 0 unspecified atom stereocenters. The maximum Gasteiger partial charge on any atom is 0.00151 e. The molecule has 0 saturated carbocycles. The monoisotopic (exact) mass is 329 g/mol. The van der Waals surface area contributed by atoms with Gasteiger partial charge in [0.15, 0.2) is 0 Å². The van der Waals surface area contributed by atoms with Gasteiger partial charge in [0.05, 0.1) is 0 Å². The first kappa shape index (κ1) is 22.7. The first-order valence-electron chi connectivity index (χ1n) is 1.89. The maximum absolute atomic E-state index is 3.50. The predicted molar refractivity (Wildman–Crippen MR) is 40.5 cm³/mol. The Morgan fingerprint density at radius 1 is 1.00 bits per heavy atom. The average Bonchev–Trinajstić information content (AvgIpc) is 1.39. The molecule has 0 aromatic carbocycles. The second-order valence-corrected chi connectivity index (χ2v) is 0.947. The molecule has 0 aliphatic heterocycles. The van der Waals surface area contributed by atoms with Crippen LogP contribution in [0.15, 0.2) is 0 Å². The van der Waals surface area contributed by atoms with Gasteiger partial charge in [-0.25, -0.2) is 5.32 Å². The molecule has 2 nitrogen and oxygen atoms in total. The summed E-state index contributed by atoms with van der Waals surface area (Å²) in [5, 5.41) is 6.25. The van der Waals surface area contributed by atoms with E-state index in [1.165, 1.54) is 0 Å². The summed E-state index contributed by atoms with van der Waals surface area (Å²) < 4.78 is 0. The summed E-state index contributed by atoms with van der Waals surface area (Å²) >= 11 is 0. The Kier molecular flexibility index (Phi) is 110. The van der Waals surface area contributed by atoms with Crippen LogP contribution in [0.25, 0.3) is 0 Å². The van der Waals surface area contributed by atoms with Crippen LogP contribution in [0.4, 0.5) is 0 Å². The van der Waals surface area contributed by atoms with Gasteiger partial charge in [0.2, 0.25) is 0 Å². The molecule has 1 N–H and O–H groups in total. The van der Waals surface area contributed by atoms with Crippen molar-refractivity contribution in [2.45, 2.75) is 0 Å². The molecule has 0 aromatic heterocycles. The average molecular weight is 327 g/mol. The van der Waals surface area contributed by atoms with Gasteiger partial charge >= 0.3 is 0 Å². The second kappa shape index (κ2) is 38.9. The Hall–Kier alpha value is 1.52. The predicted octanol–water partition coefficient (Wildman–Crippen LogP) is -1.08. The number of nitrogens with zero attached hydrogens (tertiary/aromatic N) is 1. The number of rotatable bonds is 0. The Labute approximate surface area is 86.1 Å². The molecule has 0 fully saturated rings. The van der Waals surface area contributed by atoms with Gasteiger partial charge in [-0.1, -0.05) is 0 Å². The zero-order chi connectivity index (χ0) is 5.41. The zero-order valence-corrected chi connectivity index (χ0v) is 11.7. The van der Waals surface area contributed by atoms with E-state index in [9.17, 15) is 0 Å². The first-order valence-corrected chi connectivity index (χ1v) is 1.89. The van der Waals surface area contributed by atoms with Crippen molar-refractivity contribution in [1.29, 1.82) is 0 Å². The third kappa shape index (κ3) is 139. The first-order chi connectivity index (χ1) is 2.83. The SMILES string of the molecule is CNC.C[N]C.[Sn].[Sn]. The molecule has 47 valence electrons. The van der Waals surface area contributed by atoms with Crippen LogP contribution in [0.3, 0.4) is 0 Å². The molecule has 0 aliphatic rings. The third-order valence-corrected chi connectivity index (χ3v) is 0. The molecule has 8 heavy (non-hydrogen) atoms. The van der Waals surface area contributed by atoms with E-state index in [4.69, 9.17) is 0 Å². The molecule has 0 aliphatic carbocycles. The van der Waals surface area contributed by atoms with Gasteiger partial charge in [-0.3, -0.25) is 0 Å². The van der Waals surface area contributed by atoms with Crippen molar-refractivity contribution in [2.75, 3.05) is 28.2 Å². The molecule has 0 saturated heterocycles. The molecule has 9 radical (unpaired) electrons. The minimum atomic E-state index is 0. The van der Waals surface area contributed by atoms with Crippen LogP contribution in [0.1, 0.15) is 0 Å². The fraction of sp³-hybridized carbons (Fsp3) is 1.00. The van der Waals surface area contributed by atoms with Crippen molar-refractivity contribution in [3.63, 3.8) is 0 Å². The summed E-state index contributed by atoms with van der Waals surface area (Å²) in [6.45, 7) is 0. The van der Waals surface area contributed by atoms with Gasteiger partial charge in [0, 0.05) is 61.9 Å². The maximum atomic E-state index is 3.50. The van der Waals surface area contributed by atoms with Crippen LogP contribution < -0.4 is 10.6 Å². The van der Waals surface area contributed by atoms with Crippen LogP contribution in [0, 0.1) is 0 Å². The van der Waals surface area contributed by atoms with Crippen molar-refractivity contribution < 1.29 is 0 Å². The summed E-state index contributed by atoms with van der Waals surface area (Å²) in [5.74, 6) is 0. The minimum absolute atomic E-state index is 0. The van der Waals surface area contributed by atoms with E-state index in [0.717, 1.165) is 0 Å². The summed E-state index contributed by atoms with van der Waals surface area (Å²) in [4.78, 5) is 0. The van der Waals surface area contributed by atoms with Crippen LogP contribution >= 0.6 is 0 Å². The Balaban J connectivity index is -0.0000000160. The van der Waals surface area contributed by atoms with Crippen molar-refractivity contribution in [1.82, 2.24) is 10.6 Å². The fourth-order valence-electron chi connectivity index (χ4n) is 0. The molecule has 0 spiro atoms.